The first-order chi connectivity index (χ1) is 19.4. The van der Waals surface area contributed by atoms with Crippen molar-refractivity contribution in [2.24, 2.45) is 0 Å². The summed E-state index contributed by atoms with van der Waals surface area (Å²) in [5.74, 6) is -1.58. The zero-order chi connectivity index (χ0) is 29.9. The summed E-state index contributed by atoms with van der Waals surface area (Å²) in [6, 6.07) is 16.2. The van der Waals surface area contributed by atoms with E-state index in [4.69, 9.17) is 14.2 Å². The fourth-order valence-corrected chi connectivity index (χ4v) is 5.49. The number of amides is 1. The van der Waals surface area contributed by atoms with E-state index in [1.54, 1.807) is 27.7 Å². The lowest BCUT2D eigenvalue weighted by Crippen LogP contribution is -2.26. The molecule has 0 spiro atoms. The number of hydrogen-bond donors (Lipinski definition) is 2. The van der Waals surface area contributed by atoms with Gasteiger partial charge in [-0.2, -0.15) is 0 Å². The molecule has 0 unspecified atom stereocenters. The van der Waals surface area contributed by atoms with Crippen molar-refractivity contribution in [3.63, 3.8) is 0 Å². The van der Waals surface area contributed by atoms with Gasteiger partial charge in [-0.15, -0.1) is 0 Å². The van der Waals surface area contributed by atoms with Crippen LogP contribution >= 0.6 is 0 Å². The van der Waals surface area contributed by atoms with E-state index in [0.29, 0.717) is 27.9 Å². The molecule has 8 heteroatoms. The van der Waals surface area contributed by atoms with E-state index in [1.807, 2.05) is 38.1 Å². The maximum absolute atomic E-state index is 13.1. The topological polar surface area (TPSA) is 111 Å². The predicted molar refractivity (Wildman–Crippen MR) is 156 cm³/mol. The molecule has 0 fully saturated rings. The molecule has 1 aliphatic carbocycles. The maximum Gasteiger partial charge on any atom is 0.411 e. The third-order valence-corrected chi connectivity index (χ3v) is 7.35. The number of aliphatic carboxylic acids is 1. The lowest BCUT2D eigenvalue weighted by molar-refractivity contribution is -0.160. The summed E-state index contributed by atoms with van der Waals surface area (Å²) >= 11 is 0. The molecule has 8 nitrogen and oxygen atoms in total. The molecule has 41 heavy (non-hydrogen) atoms. The molecule has 3 aromatic rings. The number of esters is 1. The summed E-state index contributed by atoms with van der Waals surface area (Å²) < 4.78 is 16.7. The van der Waals surface area contributed by atoms with E-state index in [2.05, 4.69) is 29.6 Å². The number of anilines is 1. The van der Waals surface area contributed by atoms with Gasteiger partial charge >= 0.3 is 18.0 Å². The Morgan fingerprint density at radius 3 is 1.98 bits per heavy atom. The maximum atomic E-state index is 13.1. The van der Waals surface area contributed by atoms with Crippen LogP contribution in [-0.2, 0) is 36.8 Å². The van der Waals surface area contributed by atoms with Gasteiger partial charge in [0.15, 0.2) is 0 Å². The highest BCUT2D eigenvalue weighted by molar-refractivity contribution is 5.89. The van der Waals surface area contributed by atoms with E-state index >= 15 is 0 Å². The van der Waals surface area contributed by atoms with Crippen LogP contribution in [0.15, 0.2) is 48.5 Å². The molecule has 0 saturated carbocycles. The van der Waals surface area contributed by atoms with Crippen molar-refractivity contribution in [3.8, 4) is 11.1 Å². The van der Waals surface area contributed by atoms with Crippen molar-refractivity contribution >= 4 is 23.7 Å². The van der Waals surface area contributed by atoms with E-state index in [9.17, 15) is 19.5 Å². The SMILES string of the molecule is Cc1c(COCC(=O)OC(C)(C)C)c(C)c(NC(=O)OCC2c3ccccc3-c3ccccc32)c(C)c1CC(=O)O. The third-order valence-electron chi connectivity index (χ3n) is 7.35. The first kappa shape index (κ1) is 29.8. The lowest BCUT2D eigenvalue weighted by atomic mass is 9.90. The van der Waals surface area contributed by atoms with Gasteiger partial charge in [0.2, 0.25) is 0 Å². The summed E-state index contributed by atoms with van der Waals surface area (Å²) in [4.78, 5) is 36.9. The Balaban J connectivity index is 1.53. The van der Waals surface area contributed by atoms with Gasteiger partial charge in [-0.3, -0.25) is 10.1 Å². The highest BCUT2D eigenvalue weighted by Crippen LogP contribution is 2.44. The van der Waals surface area contributed by atoms with Crippen LogP contribution in [-0.4, -0.2) is 42.0 Å². The number of carbonyl (C=O) groups is 3. The van der Waals surface area contributed by atoms with Crippen molar-refractivity contribution in [1.82, 2.24) is 0 Å². The molecule has 3 aromatic carbocycles. The molecule has 1 aliphatic rings. The second-order valence-electron chi connectivity index (χ2n) is 11.3. The Kier molecular flexibility index (Phi) is 8.83. The number of carbonyl (C=O) groups excluding carboxylic acids is 2. The summed E-state index contributed by atoms with van der Waals surface area (Å²) in [5, 5.41) is 12.4. The monoisotopic (exact) mass is 559 g/mol. The second-order valence-corrected chi connectivity index (χ2v) is 11.3. The third kappa shape index (κ3) is 6.77. The molecule has 0 bridgehead atoms. The van der Waals surface area contributed by atoms with Gasteiger partial charge < -0.3 is 19.3 Å². The number of nitrogens with one attached hydrogen (secondary N) is 1. The minimum absolute atomic E-state index is 0.0448. The van der Waals surface area contributed by atoms with Crippen molar-refractivity contribution in [3.05, 3.63) is 87.5 Å². The molecule has 1 amide bonds. The minimum atomic E-state index is -0.993. The van der Waals surface area contributed by atoms with E-state index in [0.717, 1.165) is 27.8 Å². The summed E-state index contributed by atoms with van der Waals surface area (Å²) in [5.41, 5.74) is 7.70. The Morgan fingerprint density at radius 1 is 0.854 bits per heavy atom. The molecule has 2 N–H and O–H groups in total. The van der Waals surface area contributed by atoms with Gasteiger partial charge in [0.05, 0.1) is 18.7 Å². The number of benzene rings is 3. The molecular formula is C33H37NO7. The highest BCUT2D eigenvalue weighted by Gasteiger charge is 2.29. The molecule has 0 atom stereocenters. The van der Waals surface area contributed by atoms with E-state index in [-0.39, 0.29) is 32.2 Å². The number of carboxylic acid groups (broad SMARTS) is 1. The van der Waals surface area contributed by atoms with E-state index in [1.165, 1.54) is 0 Å². The molecule has 0 radical (unpaired) electrons. The summed E-state index contributed by atoms with van der Waals surface area (Å²) in [6.07, 6.45) is -0.861. The van der Waals surface area contributed by atoms with Gasteiger partial charge in [0.25, 0.3) is 0 Å². The number of fused-ring (bicyclic) bond motifs is 3. The van der Waals surface area contributed by atoms with Crippen molar-refractivity contribution in [2.45, 2.75) is 66.1 Å². The summed E-state index contributed by atoms with van der Waals surface area (Å²) in [6.45, 7) is 10.7. The molecule has 4 rings (SSSR count). The van der Waals surface area contributed by atoms with Gasteiger partial charge in [0.1, 0.15) is 18.8 Å². The van der Waals surface area contributed by atoms with Gasteiger partial charge in [-0.25, -0.2) is 9.59 Å². The number of ether oxygens (including phenoxy) is 3. The van der Waals surface area contributed by atoms with Crippen LogP contribution in [0.25, 0.3) is 11.1 Å². The predicted octanol–water partition coefficient (Wildman–Crippen LogP) is 6.46. The van der Waals surface area contributed by atoms with Crippen LogP contribution in [0.4, 0.5) is 10.5 Å². The Hall–Kier alpha value is -4.17. The fraction of sp³-hybridized carbons (Fsp3) is 0.364. The first-order valence-electron chi connectivity index (χ1n) is 13.6. The van der Waals surface area contributed by atoms with Crippen LogP contribution in [0.3, 0.4) is 0 Å². The Bertz CT molecular complexity index is 1440. The molecular weight excluding hydrogens is 522 g/mol. The molecule has 0 aliphatic heterocycles. The zero-order valence-electron chi connectivity index (χ0n) is 24.4. The van der Waals surface area contributed by atoms with Crippen LogP contribution < -0.4 is 5.32 Å². The summed E-state index contributed by atoms with van der Waals surface area (Å²) in [7, 11) is 0. The zero-order valence-corrected chi connectivity index (χ0v) is 24.4. The lowest BCUT2D eigenvalue weighted by Gasteiger charge is -2.23. The molecule has 0 saturated heterocycles. The van der Waals surface area contributed by atoms with Gasteiger partial charge in [-0.1, -0.05) is 48.5 Å². The van der Waals surface area contributed by atoms with Gasteiger partial charge in [-0.05, 0) is 91.6 Å². The van der Waals surface area contributed by atoms with Crippen molar-refractivity contribution in [2.75, 3.05) is 18.5 Å². The van der Waals surface area contributed by atoms with Crippen molar-refractivity contribution in [1.29, 1.82) is 0 Å². The highest BCUT2D eigenvalue weighted by atomic mass is 16.6. The first-order valence-corrected chi connectivity index (χ1v) is 13.6. The van der Waals surface area contributed by atoms with Crippen LogP contribution in [0.1, 0.15) is 65.6 Å². The second kappa shape index (κ2) is 12.1. The number of carboxylic acids is 1. The fourth-order valence-electron chi connectivity index (χ4n) is 5.49. The quantitative estimate of drug-likeness (QED) is 0.290. The van der Waals surface area contributed by atoms with Crippen LogP contribution in [0.5, 0.6) is 0 Å². The largest absolute Gasteiger partial charge is 0.481 e. The van der Waals surface area contributed by atoms with Crippen molar-refractivity contribution < 1.29 is 33.7 Å². The Morgan fingerprint density at radius 2 is 1.41 bits per heavy atom. The van der Waals surface area contributed by atoms with Crippen LogP contribution in [0, 0.1) is 20.8 Å². The number of rotatable bonds is 9. The Labute approximate surface area is 240 Å². The van der Waals surface area contributed by atoms with Crippen LogP contribution in [0.2, 0.25) is 0 Å². The minimum Gasteiger partial charge on any atom is -0.481 e. The molecule has 0 aromatic heterocycles. The standard InChI is InChI=1S/C33H37NO7/c1-19-26(15-29(35)36)20(2)31(21(3)27(19)16-39-18-30(37)41-33(4,5)6)34-32(38)40-17-28-24-13-9-7-11-22(24)23-12-8-10-14-25(23)28/h7-14,28H,15-18H2,1-6H3,(H,34,38)(H,35,36). The number of hydrogen-bond acceptors (Lipinski definition) is 6. The smallest absolute Gasteiger partial charge is 0.411 e. The normalized spacial score (nSPS) is 12.4. The average Bonchev–Trinajstić information content (AvgIpc) is 3.22. The molecule has 216 valence electrons. The average molecular weight is 560 g/mol. The van der Waals surface area contributed by atoms with E-state index < -0.39 is 23.6 Å². The molecule has 0 heterocycles. The van der Waals surface area contributed by atoms with Gasteiger partial charge in [0, 0.05) is 5.92 Å².